The minimum absolute atomic E-state index is 0.00433. The summed E-state index contributed by atoms with van der Waals surface area (Å²) in [5.74, 6) is -0.716. The van der Waals surface area contributed by atoms with Gasteiger partial charge in [-0.05, 0) is 47.1 Å². The molecule has 0 saturated carbocycles. The third-order valence-electron chi connectivity index (χ3n) is 3.78. The Kier molecular flexibility index (Phi) is 6.49. The van der Waals surface area contributed by atoms with Crippen LogP contribution in [-0.4, -0.2) is 18.5 Å². The molecule has 0 bridgehead atoms. The number of furan rings is 1. The number of anilines is 1. The van der Waals surface area contributed by atoms with Crippen LogP contribution in [0.4, 0.5) is 5.69 Å². The lowest BCUT2D eigenvalue weighted by molar-refractivity contribution is -0.125. The summed E-state index contributed by atoms with van der Waals surface area (Å²) in [6, 6.07) is 18.9. The van der Waals surface area contributed by atoms with E-state index in [-0.39, 0.29) is 5.76 Å². The molecule has 0 aliphatic heterocycles. The van der Waals surface area contributed by atoms with Crippen LogP contribution in [0.5, 0.6) is 5.75 Å². The van der Waals surface area contributed by atoms with Crippen molar-refractivity contribution in [2.75, 3.05) is 11.9 Å². The first-order valence-corrected chi connectivity index (χ1v) is 9.41. The molecule has 1 heterocycles. The number of carbonyl (C=O) groups is 2. The van der Waals surface area contributed by atoms with Crippen LogP contribution in [0.15, 0.2) is 75.8 Å². The maximum Gasteiger partial charge on any atom is 0.375 e. The molecule has 1 unspecified atom stereocenters. The topological polar surface area (TPSA) is 77.8 Å². The zero-order valence-corrected chi connectivity index (χ0v) is 16.6. The number of esters is 1. The van der Waals surface area contributed by atoms with Crippen LogP contribution in [0.3, 0.4) is 0 Å². The first-order valence-electron chi connectivity index (χ1n) is 8.62. The molecule has 0 spiro atoms. The van der Waals surface area contributed by atoms with E-state index < -0.39 is 18.0 Å². The molecule has 3 aromatic rings. The highest BCUT2D eigenvalue weighted by Crippen LogP contribution is 2.27. The number of rotatable bonds is 7. The fourth-order valence-electron chi connectivity index (χ4n) is 2.54. The third kappa shape index (κ3) is 4.80. The van der Waals surface area contributed by atoms with Gasteiger partial charge in [0.05, 0.1) is 12.3 Å². The van der Waals surface area contributed by atoms with E-state index in [9.17, 15) is 9.59 Å². The Labute approximate surface area is 170 Å². The summed E-state index contributed by atoms with van der Waals surface area (Å²) in [6.07, 6.45) is -1.16. The van der Waals surface area contributed by atoms with Gasteiger partial charge in [-0.1, -0.05) is 42.5 Å². The second kappa shape index (κ2) is 9.23. The highest BCUT2D eigenvalue weighted by Gasteiger charge is 2.27. The van der Waals surface area contributed by atoms with Crippen LogP contribution in [0, 0.1) is 0 Å². The summed E-state index contributed by atoms with van der Waals surface area (Å²) in [4.78, 5) is 25.4. The van der Waals surface area contributed by atoms with Gasteiger partial charge in [-0.15, -0.1) is 0 Å². The van der Waals surface area contributed by atoms with Gasteiger partial charge in [0, 0.05) is 5.56 Å². The molecule has 144 valence electrons. The monoisotopic (exact) mass is 443 g/mol. The standard InChI is InChI=1S/C21H18BrNO5/c1-2-26-16-11-7-6-10-15(16)23-20(24)19(14-8-4-3-5-9-14)28-21(25)17-12-13-18(22)27-17/h3-13,19H,2H2,1H3,(H,23,24). The van der Waals surface area contributed by atoms with E-state index in [0.717, 1.165) is 0 Å². The fourth-order valence-corrected chi connectivity index (χ4v) is 2.85. The molecule has 1 N–H and O–H groups in total. The minimum atomic E-state index is -1.16. The van der Waals surface area contributed by atoms with Gasteiger partial charge in [-0.3, -0.25) is 4.79 Å². The average Bonchev–Trinajstić information content (AvgIpc) is 3.15. The van der Waals surface area contributed by atoms with Crippen molar-refractivity contribution in [1.29, 1.82) is 0 Å². The number of benzene rings is 2. The van der Waals surface area contributed by atoms with Gasteiger partial charge in [-0.25, -0.2) is 4.79 Å². The van der Waals surface area contributed by atoms with Crippen LogP contribution in [-0.2, 0) is 9.53 Å². The van der Waals surface area contributed by atoms with E-state index in [2.05, 4.69) is 21.2 Å². The number of nitrogens with one attached hydrogen (secondary N) is 1. The normalized spacial score (nSPS) is 11.5. The first-order chi connectivity index (χ1) is 13.6. The Morgan fingerprint density at radius 3 is 2.43 bits per heavy atom. The van der Waals surface area contributed by atoms with Crippen LogP contribution in [0.2, 0.25) is 0 Å². The average molecular weight is 444 g/mol. The molecule has 0 saturated heterocycles. The Hall–Kier alpha value is -3.06. The number of para-hydroxylation sites is 2. The molecule has 7 heteroatoms. The lowest BCUT2D eigenvalue weighted by Crippen LogP contribution is -2.26. The Balaban J connectivity index is 1.85. The number of hydrogen-bond acceptors (Lipinski definition) is 5. The van der Waals surface area contributed by atoms with Gasteiger partial charge in [0.25, 0.3) is 5.91 Å². The molecule has 1 amide bonds. The molecule has 0 aliphatic rings. The van der Waals surface area contributed by atoms with E-state index in [1.165, 1.54) is 6.07 Å². The van der Waals surface area contributed by atoms with Gasteiger partial charge in [-0.2, -0.15) is 0 Å². The van der Waals surface area contributed by atoms with Crippen LogP contribution >= 0.6 is 15.9 Å². The van der Waals surface area contributed by atoms with E-state index in [1.807, 2.05) is 19.1 Å². The summed E-state index contributed by atoms with van der Waals surface area (Å²) >= 11 is 3.14. The summed E-state index contributed by atoms with van der Waals surface area (Å²) in [6.45, 7) is 2.31. The third-order valence-corrected chi connectivity index (χ3v) is 4.21. The van der Waals surface area contributed by atoms with E-state index >= 15 is 0 Å². The molecule has 0 fully saturated rings. The Bertz CT molecular complexity index is 954. The molecule has 0 radical (unpaired) electrons. The summed E-state index contributed by atoms with van der Waals surface area (Å²) in [5.41, 5.74) is 1.03. The number of halogens is 1. The van der Waals surface area contributed by atoms with E-state index in [0.29, 0.717) is 28.3 Å². The van der Waals surface area contributed by atoms with E-state index in [4.69, 9.17) is 13.9 Å². The summed E-state index contributed by atoms with van der Waals surface area (Å²) in [7, 11) is 0. The van der Waals surface area contributed by atoms with Crippen molar-refractivity contribution in [2.45, 2.75) is 13.0 Å². The molecular formula is C21H18BrNO5. The first kappa shape index (κ1) is 19.7. The second-order valence-corrected chi connectivity index (χ2v) is 6.50. The van der Waals surface area contributed by atoms with Crippen molar-refractivity contribution in [3.8, 4) is 5.75 Å². The quantitative estimate of drug-likeness (QED) is 0.521. The second-order valence-electron chi connectivity index (χ2n) is 5.72. The van der Waals surface area contributed by atoms with Crippen LogP contribution < -0.4 is 10.1 Å². The smallest absolute Gasteiger partial charge is 0.375 e. The largest absolute Gasteiger partial charge is 0.492 e. The number of amides is 1. The molecular weight excluding hydrogens is 426 g/mol. The molecule has 6 nitrogen and oxygen atoms in total. The highest BCUT2D eigenvalue weighted by molar-refractivity contribution is 9.10. The van der Waals surface area contributed by atoms with Gasteiger partial charge >= 0.3 is 5.97 Å². The molecule has 1 atom stereocenters. The van der Waals surface area contributed by atoms with Crippen molar-refractivity contribution in [1.82, 2.24) is 0 Å². The van der Waals surface area contributed by atoms with Crippen LogP contribution in [0.1, 0.15) is 29.1 Å². The highest BCUT2D eigenvalue weighted by atomic mass is 79.9. The predicted octanol–water partition coefficient (Wildman–Crippen LogP) is 4.98. The SMILES string of the molecule is CCOc1ccccc1NC(=O)C(OC(=O)c1ccc(Br)o1)c1ccccc1. The van der Waals surface area contributed by atoms with Crippen molar-refractivity contribution < 1.29 is 23.5 Å². The fraction of sp³-hybridized carbons (Fsp3) is 0.143. The predicted molar refractivity (Wildman–Crippen MR) is 107 cm³/mol. The van der Waals surface area contributed by atoms with Gasteiger partial charge in [0.2, 0.25) is 11.9 Å². The van der Waals surface area contributed by atoms with Crippen molar-refractivity contribution in [2.24, 2.45) is 0 Å². The van der Waals surface area contributed by atoms with Crippen molar-refractivity contribution >= 4 is 33.5 Å². The van der Waals surface area contributed by atoms with E-state index in [1.54, 1.807) is 48.5 Å². The van der Waals surface area contributed by atoms with Crippen molar-refractivity contribution in [3.63, 3.8) is 0 Å². The number of carbonyl (C=O) groups excluding carboxylic acids is 2. The lowest BCUT2D eigenvalue weighted by atomic mass is 10.1. The zero-order chi connectivity index (χ0) is 19.9. The number of ether oxygens (including phenoxy) is 2. The molecule has 28 heavy (non-hydrogen) atoms. The van der Waals surface area contributed by atoms with Gasteiger partial charge in [0.15, 0.2) is 4.67 Å². The molecule has 1 aromatic heterocycles. The Morgan fingerprint density at radius 2 is 1.75 bits per heavy atom. The van der Waals surface area contributed by atoms with Crippen LogP contribution in [0.25, 0.3) is 0 Å². The minimum Gasteiger partial charge on any atom is -0.492 e. The molecule has 3 rings (SSSR count). The zero-order valence-electron chi connectivity index (χ0n) is 15.1. The molecule has 2 aromatic carbocycles. The summed E-state index contributed by atoms with van der Waals surface area (Å²) in [5, 5.41) is 2.77. The number of hydrogen-bond donors (Lipinski definition) is 1. The van der Waals surface area contributed by atoms with Gasteiger partial charge in [0.1, 0.15) is 5.75 Å². The summed E-state index contributed by atoms with van der Waals surface area (Å²) < 4.78 is 16.6. The maximum absolute atomic E-state index is 13.0. The van der Waals surface area contributed by atoms with Crippen molar-refractivity contribution in [3.05, 3.63) is 82.7 Å². The Morgan fingerprint density at radius 1 is 1.04 bits per heavy atom. The van der Waals surface area contributed by atoms with Gasteiger partial charge < -0.3 is 19.2 Å². The lowest BCUT2D eigenvalue weighted by Gasteiger charge is -2.18. The maximum atomic E-state index is 13.0. The molecule has 0 aliphatic carbocycles.